The fourth-order valence-corrected chi connectivity index (χ4v) is 5.85. The summed E-state index contributed by atoms with van der Waals surface area (Å²) in [5.74, 6) is 4.24. The number of esters is 2. The van der Waals surface area contributed by atoms with Crippen LogP contribution in [0.3, 0.4) is 0 Å². The molecule has 0 radical (unpaired) electrons. The number of pyridine rings is 2. The molecule has 0 spiro atoms. The van der Waals surface area contributed by atoms with Gasteiger partial charge in [-0.1, -0.05) is 90.2 Å². The number of rotatable bonds is 15. The van der Waals surface area contributed by atoms with Crippen LogP contribution in [0.25, 0.3) is 5.82 Å². The van der Waals surface area contributed by atoms with Crippen molar-refractivity contribution in [2.24, 2.45) is 35.5 Å². The van der Waals surface area contributed by atoms with Crippen LogP contribution < -0.4 is 9.47 Å². The lowest BCUT2D eigenvalue weighted by molar-refractivity contribution is 0.0516. The zero-order chi connectivity index (χ0) is 39.7. The Bertz CT molecular complexity index is 1660. The van der Waals surface area contributed by atoms with Gasteiger partial charge in [0.25, 0.3) is 0 Å². The lowest BCUT2D eigenvalue weighted by Gasteiger charge is -2.24. The van der Waals surface area contributed by atoms with Crippen LogP contribution in [0.15, 0.2) is 48.8 Å². The highest BCUT2D eigenvalue weighted by atomic mass is 35.5. The van der Waals surface area contributed by atoms with Crippen molar-refractivity contribution < 1.29 is 28.5 Å². The highest BCUT2D eigenvalue weighted by Gasteiger charge is 2.20. The third-order valence-electron chi connectivity index (χ3n) is 8.19. The Hall–Kier alpha value is -3.87. The first-order chi connectivity index (χ1) is 25.1. The van der Waals surface area contributed by atoms with Gasteiger partial charge in [-0.15, -0.1) is 5.10 Å². The molecule has 1 N–H and O–H groups in total. The van der Waals surface area contributed by atoms with Crippen LogP contribution in [0.2, 0.25) is 15.5 Å². The molecule has 0 saturated carbocycles. The van der Waals surface area contributed by atoms with Crippen molar-refractivity contribution in [3.05, 3.63) is 75.4 Å². The van der Waals surface area contributed by atoms with Crippen LogP contribution in [0.5, 0.6) is 11.8 Å². The number of ether oxygens (including phenoxy) is 4. The van der Waals surface area contributed by atoms with Crippen molar-refractivity contribution >= 4 is 46.7 Å². The van der Waals surface area contributed by atoms with E-state index in [-0.39, 0.29) is 33.2 Å². The van der Waals surface area contributed by atoms with Gasteiger partial charge in [0.2, 0.25) is 11.8 Å². The molecule has 4 rings (SSSR count). The van der Waals surface area contributed by atoms with E-state index in [2.05, 4.69) is 80.7 Å². The minimum absolute atomic E-state index is 0.0611. The molecule has 12 nitrogen and oxygen atoms in total. The molecule has 0 atom stereocenters. The number of aromatic amines is 1. The van der Waals surface area contributed by atoms with Gasteiger partial charge in [0.05, 0.1) is 43.8 Å². The van der Waals surface area contributed by atoms with E-state index in [0.717, 1.165) is 12.5 Å². The first-order valence-electron chi connectivity index (χ1n) is 17.7. The molecule has 53 heavy (non-hydrogen) atoms. The van der Waals surface area contributed by atoms with Crippen LogP contribution in [0.1, 0.15) is 90.0 Å². The van der Waals surface area contributed by atoms with E-state index >= 15 is 0 Å². The Morgan fingerprint density at radius 3 is 1.66 bits per heavy atom. The molecule has 0 unspecified atom stereocenters. The van der Waals surface area contributed by atoms with Gasteiger partial charge < -0.3 is 18.9 Å². The number of hydrogen-bond donors (Lipinski definition) is 1. The standard InChI is InChI=1S/C19H26ClN3O3.C11H20N2O.C8H7Cl2NO2/c1-6-25-19(24)14-7-8-16(21-18(14)20)23-10-9-17(22-23)26-11-15(12(2)3)13(4)5;1-8(2)10(9(3)4)7-14-11-5-6-12-13-11;1-2-13-8(12)5-3-4-6(9)11-7(5)10/h7-10,12-13,15H,6,11H2,1-5H3;5-6,8-10H,7H2,1-4H3,(H,12,13);3-4H,2H2,1H3. The second-order valence-electron chi connectivity index (χ2n) is 13.4. The summed E-state index contributed by atoms with van der Waals surface area (Å²) in [6.07, 6.45) is 3.45. The van der Waals surface area contributed by atoms with Crippen LogP contribution in [-0.2, 0) is 9.47 Å². The average molecular weight is 796 g/mol. The maximum Gasteiger partial charge on any atom is 0.341 e. The third kappa shape index (κ3) is 15.2. The Labute approximate surface area is 328 Å². The van der Waals surface area contributed by atoms with E-state index in [1.807, 2.05) is 6.07 Å². The van der Waals surface area contributed by atoms with Crippen molar-refractivity contribution in [3.63, 3.8) is 0 Å². The van der Waals surface area contributed by atoms with E-state index in [9.17, 15) is 9.59 Å². The van der Waals surface area contributed by atoms with Gasteiger partial charge in [-0.05, 0) is 73.6 Å². The fraction of sp³-hybridized carbons (Fsp3) is 0.526. The van der Waals surface area contributed by atoms with E-state index in [0.29, 0.717) is 60.4 Å². The maximum atomic E-state index is 11.8. The predicted molar refractivity (Wildman–Crippen MR) is 208 cm³/mol. The summed E-state index contributed by atoms with van der Waals surface area (Å²) >= 11 is 17.3. The zero-order valence-corrected chi connectivity index (χ0v) is 34.5. The van der Waals surface area contributed by atoms with Crippen LogP contribution in [0, 0.1) is 35.5 Å². The molecule has 0 saturated heterocycles. The molecular weight excluding hydrogens is 743 g/mol. The number of halogens is 3. The van der Waals surface area contributed by atoms with E-state index in [4.69, 9.17) is 53.8 Å². The monoisotopic (exact) mass is 794 g/mol. The molecule has 292 valence electrons. The smallest absolute Gasteiger partial charge is 0.341 e. The van der Waals surface area contributed by atoms with Crippen molar-refractivity contribution in [1.29, 1.82) is 0 Å². The number of nitrogens with one attached hydrogen (secondary N) is 1. The normalized spacial score (nSPS) is 11.1. The predicted octanol–water partition coefficient (Wildman–Crippen LogP) is 9.69. The van der Waals surface area contributed by atoms with Gasteiger partial charge in [-0.3, -0.25) is 0 Å². The maximum absolute atomic E-state index is 11.8. The minimum atomic E-state index is -0.491. The third-order valence-corrected chi connectivity index (χ3v) is 8.98. The first kappa shape index (κ1) is 45.3. The van der Waals surface area contributed by atoms with Gasteiger partial charge >= 0.3 is 11.9 Å². The number of carbonyl (C=O) groups excluding carboxylic acids is 2. The van der Waals surface area contributed by atoms with E-state index < -0.39 is 11.9 Å². The summed E-state index contributed by atoms with van der Waals surface area (Å²) in [6, 6.07) is 9.85. The summed E-state index contributed by atoms with van der Waals surface area (Å²) in [4.78, 5) is 30.9. The summed E-state index contributed by atoms with van der Waals surface area (Å²) in [7, 11) is 0. The molecule has 0 aromatic carbocycles. The topological polar surface area (TPSA) is 143 Å². The Balaban J connectivity index is 0.000000303. The van der Waals surface area contributed by atoms with E-state index in [1.165, 1.54) is 12.1 Å². The molecular formula is C38H53Cl3N6O6. The average Bonchev–Trinajstić information content (AvgIpc) is 3.78. The number of H-pyrrole nitrogens is 1. The highest BCUT2D eigenvalue weighted by Crippen LogP contribution is 2.24. The molecule has 0 aliphatic rings. The number of hydrogen-bond acceptors (Lipinski definition) is 10. The van der Waals surface area contributed by atoms with Gasteiger partial charge in [0, 0.05) is 18.3 Å². The second kappa shape index (κ2) is 23.0. The van der Waals surface area contributed by atoms with Crippen LogP contribution in [-0.4, -0.2) is 68.3 Å². The summed E-state index contributed by atoms with van der Waals surface area (Å²) in [6.45, 7) is 23.2. The number of nitrogens with zero attached hydrogens (tertiary/aromatic N) is 5. The lowest BCUT2D eigenvalue weighted by Crippen LogP contribution is -2.23. The van der Waals surface area contributed by atoms with Gasteiger partial charge in [0.1, 0.15) is 15.5 Å². The molecule has 15 heteroatoms. The Kier molecular flexibility index (Phi) is 19.7. The quantitative estimate of drug-likeness (QED) is 0.0913. The molecule has 4 aromatic heterocycles. The van der Waals surface area contributed by atoms with Crippen molar-refractivity contribution in [1.82, 2.24) is 29.9 Å². The van der Waals surface area contributed by atoms with Crippen molar-refractivity contribution in [3.8, 4) is 17.6 Å². The van der Waals surface area contributed by atoms with Gasteiger partial charge in [-0.25, -0.2) is 29.3 Å². The van der Waals surface area contributed by atoms with Crippen LogP contribution in [0.4, 0.5) is 0 Å². The summed E-state index contributed by atoms with van der Waals surface area (Å²) in [5, 5.41) is 11.4. The molecule has 0 amide bonds. The van der Waals surface area contributed by atoms with E-state index in [1.54, 1.807) is 49.1 Å². The van der Waals surface area contributed by atoms with Crippen molar-refractivity contribution in [2.75, 3.05) is 26.4 Å². The SMILES string of the molecule is CC(C)C(COc1ccn[nH]1)C(C)C.CCOC(=O)c1ccc(-n2ccc(OCC(C(C)C)C(C)C)n2)nc1Cl.CCOC(=O)c1ccc(Cl)nc1Cl. The largest absolute Gasteiger partial charge is 0.478 e. The Morgan fingerprint density at radius 2 is 1.21 bits per heavy atom. The second-order valence-corrected chi connectivity index (χ2v) is 14.5. The highest BCUT2D eigenvalue weighted by molar-refractivity contribution is 6.34. The molecule has 0 aliphatic carbocycles. The Morgan fingerprint density at radius 1 is 0.698 bits per heavy atom. The minimum Gasteiger partial charge on any atom is -0.478 e. The molecule has 0 aliphatic heterocycles. The molecule has 0 bridgehead atoms. The number of carbonyl (C=O) groups is 2. The van der Waals surface area contributed by atoms with Gasteiger partial charge in [-0.2, -0.15) is 5.10 Å². The molecule has 4 heterocycles. The number of aromatic nitrogens is 6. The zero-order valence-electron chi connectivity index (χ0n) is 32.2. The van der Waals surface area contributed by atoms with Crippen LogP contribution >= 0.6 is 34.8 Å². The van der Waals surface area contributed by atoms with Gasteiger partial charge in [0.15, 0.2) is 5.82 Å². The fourth-order valence-electron chi connectivity index (χ4n) is 5.20. The summed E-state index contributed by atoms with van der Waals surface area (Å²) in [5.41, 5.74) is 0.463. The first-order valence-corrected chi connectivity index (χ1v) is 18.9. The molecule has 4 aromatic rings. The van der Waals surface area contributed by atoms with Crippen molar-refractivity contribution in [2.45, 2.75) is 69.2 Å². The summed E-state index contributed by atoms with van der Waals surface area (Å²) < 4.78 is 22.7. The molecule has 0 fully saturated rings. The lowest BCUT2D eigenvalue weighted by atomic mass is 9.86.